The molecule has 0 aliphatic carbocycles. The lowest BCUT2D eigenvalue weighted by atomic mass is 9.93. The van der Waals surface area contributed by atoms with Gasteiger partial charge in [-0.25, -0.2) is 4.79 Å². The van der Waals surface area contributed by atoms with Crippen LogP contribution in [0.2, 0.25) is 0 Å². The van der Waals surface area contributed by atoms with Gasteiger partial charge in [-0.15, -0.1) is 0 Å². The Labute approximate surface area is 242 Å². The zero-order valence-electron chi connectivity index (χ0n) is 25.6. The van der Waals surface area contributed by atoms with Crippen LogP contribution in [0.3, 0.4) is 0 Å². The fraction of sp³-hybridized carbons (Fsp3) is 0.710. The molecule has 0 radical (unpaired) electrons. The molecule has 0 spiro atoms. The van der Waals surface area contributed by atoms with E-state index in [2.05, 4.69) is 37.1 Å². The minimum atomic E-state index is -0.934. The van der Waals surface area contributed by atoms with Crippen molar-refractivity contribution in [1.82, 2.24) is 15.5 Å². The lowest BCUT2D eigenvalue weighted by Crippen LogP contribution is -2.54. The highest BCUT2D eigenvalue weighted by molar-refractivity contribution is 7.80. The normalized spacial score (nSPS) is 13.8. The summed E-state index contributed by atoms with van der Waals surface area (Å²) in [5.41, 5.74) is 2.01. The van der Waals surface area contributed by atoms with Crippen molar-refractivity contribution in [3.63, 3.8) is 0 Å². The number of ether oxygens (including phenoxy) is 1. The lowest BCUT2D eigenvalue weighted by Gasteiger charge is -2.36. The molecule has 0 heterocycles. The molecule has 1 aromatic rings. The Bertz CT molecular complexity index is 895. The zero-order valence-corrected chi connectivity index (χ0v) is 26.5. The topological polar surface area (TPSA) is 87.7 Å². The van der Waals surface area contributed by atoms with E-state index in [1.807, 2.05) is 39.0 Å². The summed E-state index contributed by atoms with van der Waals surface area (Å²) in [7, 11) is 0. The number of carbonyl (C=O) groups is 3. The second kappa shape index (κ2) is 17.5. The second-order valence-corrected chi connectivity index (χ2v) is 12.0. The number of thiol groups is 1. The van der Waals surface area contributed by atoms with Crippen LogP contribution in [0.5, 0.6) is 0 Å². The third-order valence-electron chi connectivity index (χ3n) is 6.69. The van der Waals surface area contributed by atoms with Crippen LogP contribution >= 0.6 is 12.6 Å². The molecule has 39 heavy (non-hydrogen) atoms. The summed E-state index contributed by atoms with van der Waals surface area (Å²) in [6, 6.07) is 4.12. The van der Waals surface area contributed by atoms with Gasteiger partial charge in [0.15, 0.2) is 0 Å². The van der Waals surface area contributed by atoms with E-state index in [0.29, 0.717) is 6.54 Å². The summed E-state index contributed by atoms with van der Waals surface area (Å²) in [6.45, 7) is 15.9. The Morgan fingerprint density at radius 2 is 1.54 bits per heavy atom. The second-order valence-electron chi connectivity index (χ2n) is 11.6. The molecule has 0 aliphatic heterocycles. The number of nitrogens with zero attached hydrogens (tertiary/aromatic N) is 1. The number of amides is 3. The summed E-state index contributed by atoms with van der Waals surface area (Å²) in [6.07, 6.45) is 7.41. The van der Waals surface area contributed by atoms with Gasteiger partial charge in [0.2, 0.25) is 11.8 Å². The standard InChI is InChI=1S/C31H53N3O4S/c1-9-11-12-13-14-15-20-34(29(36)25(21-39)33-30(37)38-31(6,7)8)27(28(35)32-24(5)17-10-2)26-22(3)18-16-19-23(26)4/h16,18-19,24-25,27,39H,9-15,17,20-21H2,1-8H3,(H,32,35)(H,33,37). The van der Waals surface area contributed by atoms with E-state index >= 15 is 0 Å². The predicted octanol–water partition coefficient (Wildman–Crippen LogP) is 6.66. The van der Waals surface area contributed by atoms with Gasteiger partial charge in [0, 0.05) is 18.3 Å². The van der Waals surface area contributed by atoms with Crippen molar-refractivity contribution in [1.29, 1.82) is 0 Å². The van der Waals surface area contributed by atoms with Crippen molar-refractivity contribution in [3.05, 3.63) is 34.9 Å². The molecule has 3 atom stereocenters. The molecule has 0 aromatic heterocycles. The molecule has 8 heteroatoms. The molecule has 0 saturated carbocycles. The van der Waals surface area contributed by atoms with Crippen LogP contribution in [0, 0.1) is 13.8 Å². The SMILES string of the molecule is CCCCCCCCN(C(=O)C(CS)NC(=O)OC(C)(C)C)C(C(=O)NC(C)CCC)c1c(C)cccc1C. The number of benzene rings is 1. The first kappa shape index (κ1) is 34.8. The lowest BCUT2D eigenvalue weighted by molar-refractivity contribution is -0.142. The highest BCUT2D eigenvalue weighted by atomic mass is 32.1. The Morgan fingerprint density at radius 3 is 2.08 bits per heavy atom. The highest BCUT2D eigenvalue weighted by Gasteiger charge is 2.37. The average molecular weight is 564 g/mol. The number of aryl methyl sites for hydroxylation is 2. The summed E-state index contributed by atoms with van der Waals surface area (Å²) in [4.78, 5) is 42.3. The first-order valence-corrected chi connectivity index (χ1v) is 15.3. The molecule has 3 unspecified atom stereocenters. The monoisotopic (exact) mass is 563 g/mol. The van der Waals surface area contributed by atoms with E-state index in [4.69, 9.17) is 4.74 Å². The number of unbranched alkanes of at least 4 members (excludes halogenated alkanes) is 5. The van der Waals surface area contributed by atoms with Crippen molar-refractivity contribution in [3.8, 4) is 0 Å². The largest absolute Gasteiger partial charge is 0.444 e. The minimum Gasteiger partial charge on any atom is -0.444 e. The zero-order chi connectivity index (χ0) is 29.6. The van der Waals surface area contributed by atoms with E-state index in [1.54, 1.807) is 25.7 Å². The van der Waals surface area contributed by atoms with E-state index < -0.39 is 23.8 Å². The van der Waals surface area contributed by atoms with Gasteiger partial charge in [-0.1, -0.05) is 70.6 Å². The molecule has 7 nitrogen and oxygen atoms in total. The number of carbonyl (C=O) groups excluding carboxylic acids is 3. The van der Waals surface area contributed by atoms with Crippen molar-refractivity contribution in [2.75, 3.05) is 12.3 Å². The molecule has 0 fully saturated rings. The molecule has 0 saturated heterocycles. The highest BCUT2D eigenvalue weighted by Crippen LogP contribution is 2.29. The Morgan fingerprint density at radius 1 is 0.949 bits per heavy atom. The van der Waals surface area contributed by atoms with Gasteiger partial charge in [-0.2, -0.15) is 12.6 Å². The molecular formula is C31H53N3O4S. The van der Waals surface area contributed by atoms with E-state index in [1.165, 1.54) is 6.42 Å². The van der Waals surface area contributed by atoms with Crippen molar-refractivity contribution in [2.24, 2.45) is 0 Å². The average Bonchev–Trinajstić information content (AvgIpc) is 2.83. The number of nitrogens with one attached hydrogen (secondary N) is 2. The first-order chi connectivity index (χ1) is 18.4. The maximum absolute atomic E-state index is 14.1. The van der Waals surface area contributed by atoms with Crippen LogP contribution in [0.1, 0.15) is 116 Å². The van der Waals surface area contributed by atoms with Crippen molar-refractivity contribution < 1.29 is 19.1 Å². The maximum Gasteiger partial charge on any atom is 0.408 e. The molecule has 2 N–H and O–H groups in total. The van der Waals surface area contributed by atoms with Crippen LogP contribution in [0.4, 0.5) is 4.79 Å². The fourth-order valence-corrected chi connectivity index (χ4v) is 5.03. The van der Waals surface area contributed by atoms with Crippen LogP contribution in [0.25, 0.3) is 0 Å². The van der Waals surface area contributed by atoms with Gasteiger partial charge in [-0.3, -0.25) is 9.59 Å². The third-order valence-corrected chi connectivity index (χ3v) is 7.06. The number of hydrogen-bond acceptors (Lipinski definition) is 5. The Hall–Kier alpha value is -2.22. The fourth-order valence-electron chi connectivity index (χ4n) is 4.78. The quantitative estimate of drug-likeness (QED) is 0.155. The summed E-state index contributed by atoms with van der Waals surface area (Å²) < 4.78 is 5.41. The van der Waals surface area contributed by atoms with E-state index in [-0.39, 0.29) is 23.6 Å². The molecule has 222 valence electrons. The van der Waals surface area contributed by atoms with Gasteiger partial charge < -0.3 is 20.3 Å². The third kappa shape index (κ3) is 12.2. The van der Waals surface area contributed by atoms with Gasteiger partial charge in [0.05, 0.1) is 0 Å². The minimum absolute atomic E-state index is 0.0270. The summed E-state index contributed by atoms with van der Waals surface area (Å²) in [5.74, 6) is -0.462. The molecule has 1 aromatic carbocycles. The van der Waals surface area contributed by atoms with E-state index in [0.717, 1.165) is 61.6 Å². The van der Waals surface area contributed by atoms with Gasteiger partial charge in [-0.05, 0) is 71.1 Å². The van der Waals surface area contributed by atoms with Crippen LogP contribution in [-0.2, 0) is 14.3 Å². The summed E-state index contributed by atoms with van der Waals surface area (Å²) >= 11 is 4.40. The van der Waals surface area contributed by atoms with Crippen LogP contribution in [0.15, 0.2) is 18.2 Å². The van der Waals surface area contributed by atoms with Gasteiger partial charge >= 0.3 is 6.09 Å². The van der Waals surface area contributed by atoms with Gasteiger partial charge in [0.1, 0.15) is 17.7 Å². The Kier molecular flexibility index (Phi) is 15.6. The first-order valence-electron chi connectivity index (χ1n) is 14.6. The molecule has 1 rings (SSSR count). The number of rotatable bonds is 16. The van der Waals surface area contributed by atoms with Crippen molar-refractivity contribution in [2.45, 2.75) is 130 Å². The van der Waals surface area contributed by atoms with Crippen molar-refractivity contribution >= 4 is 30.5 Å². The number of hydrogen-bond donors (Lipinski definition) is 3. The number of alkyl carbamates (subject to hydrolysis) is 1. The molecule has 0 bridgehead atoms. The van der Waals surface area contributed by atoms with Crippen LogP contribution in [-0.4, -0.2) is 52.8 Å². The van der Waals surface area contributed by atoms with E-state index in [9.17, 15) is 14.4 Å². The van der Waals surface area contributed by atoms with Crippen LogP contribution < -0.4 is 10.6 Å². The molecule has 0 aliphatic rings. The molecular weight excluding hydrogens is 510 g/mol. The Balaban J connectivity index is 3.46. The smallest absolute Gasteiger partial charge is 0.408 e. The predicted molar refractivity (Wildman–Crippen MR) is 163 cm³/mol. The maximum atomic E-state index is 14.1. The summed E-state index contributed by atoms with van der Waals surface area (Å²) in [5, 5.41) is 5.85. The molecule has 3 amide bonds. The van der Waals surface area contributed by atoms with Gasteiger partial charge in [0.25, 0.3) is 0 Å².